The molecule has 1 aliphatic rings. The number of hydrogen-bond donors (Lipinski definition) is 2. The first-order chi connectivity index (χ1) is 19.5. The summed E-state index contributed by atoms with van der Waals surface area (Å²) in [4.78, 5) is 25.7. The van der Waals surface area contributed by atoms with Gasteiger partial charge in [0.25, 0.3) is 5.56 Å². The van der Waals surface area contributed by atoms with Gasteiger partial charge in [0.15, 0.2) is 11.6 Å². The molecular weight excluding hydrogens is 548 g/mol. The zero-order valence-corrected chi connectivity index (χ0v) is 25.8. The summed E-state index contributed by atoms with van der Waals surface area (Å²) in [5, 5.41) is 14.0. The van der Waals surface area contributed by atoms with Crippen molar-refractivity contribution in [3.8, 4) is 11.1 Å². The molecule has 1 amide bonds. The number of nitrogens with zero attached hydrogens (tertiary/aromatic N) is 2. The molecule has 7 nitrogen and oxygen atoms in total. The molecule has 1 unspecified atom stereocenters. The molecule has 0 bridgehead atoms. The third kappa shape index (κ3) is 14.1. The van der Waals surface area contributed by atoms with Crippen LogP contribution in [0.4, 0.5) is 8.78 Å². The number of carbonyl (C=O) groups excluding carboxylic acids is 1. The van der Waals surface area contributed by atoms with Crippen molar-refractivity contribution in [1.82, 2.24) is 14.9 Å². The molecule has 2 aromatic heterocycles. The Balaban J connectivity index is 0.000000596. The molecule has 0 radical (unpaired) electrons. The van der Waals surface area contributed by atoms with Crippen molar-refractivity contribution in [2.24, 2.45) is 0 Å². The monoisotopic (exact) mass is 591 g/mol. The summed E-state index contributed by atoms with van der Waals surface area (Å²) in [5.74, 6) is -0.960. The molecule has 1 atom stereocenters. The molecule has 3 heterocycles. The molecule has 0 saturated heterocycles. The second-order valence-electron chi connectivity index (χ2n) is 8.52. The van der Waals surface area contributed by atoms with E-state index in [2.05, 4.69) is 10.3 Å². The highest BCUT2D eigenvalue weighted by molar-refractivity contribution is 7.88. The second-order valence-corrected chi connectivity index (χ2v) is 9.96. The fraction of sp³-hybridized carbons (Fsp3) is 0.387. The van der Waals surface area contributed by atoms with Crippen molar-refractivity contribution in [2.75, 3.05) is 5.75 Å². The maximum Gasteiger partial charge on any atom is 0.251 e. The van der Waals surface area contributed by atoms with E-state index in [1.165, 1.54) is 16.7 Å². The Morgan fingerprint density at radius 2 is 1.71 bits per heavy atom. The lowest BCUT2D eigenvalue weighted by Crippen LogP contribution is -2.18. The Morgan fingerprint density at radius 3 is 2.17 bits per heavy atom. The smallest absolute Gasteiger partial charge is 0.251 e. The summed E-state index contributed by atoms with van der Waals surface area (Å²) in [7, 11) is -0.603. The highest BCUT2D eigenvalue weighted by atomic mass is 32.2. The van der Waals surface area contributed by atoms with Crippen LogP contribution >= 0.6 is 0 Å². The van der Waals surface area contributed by atoms with Gasteiger partial charge < -0.3 is 15.0 Å². The van der Waals surface area contributed by atoms with Gasteiger partial charge in [0.1, 0.15) is 5.60 Å². The lowest BCUT2D eigenvalue weighted by molar-refractivity contribution is -0.109. The molecule has 3 aromatic rings. The van der Waals surface area contributed by atoms with Crippen LogP contribution in [0.2, 0.25) is 0 Å². The van der Waals surface area contributed by atoms with Crippen molar-refractivity contribution in [3.05, 3.63) is 99.6 Å². The summed E-state index contributed by atoms with van der Waals surface area (Å²) in [6.45, 7) is 14.2. The van der Waals surface area contributed by atoms with Crippen LogP contribution in [0.15, 0.2) is 71.1 Å². The normalized spacial score (nSPS) is 13.1. The van der Waals surface area contributed by atoms with Crippen molar-refractivity contribution < 1.29 is 22.9 Å². The number of carbonyl (C=O) groups is 1. The van der Waals surface area contributed by atoms with Gasteiger partial charge in [-0.05, 0) is 79.6 Å². The van der Waals surface area contributed by atoms with Crippen LogP contribution in [0.1, 0.15) is 66.1 Å². The number of amides is 1. The van der Waals surface area contributed by atoms with Gasteiger partial charge >= 0.3 is 0 Å². The van der Waals surface area contributed by atoms with E-state index < -0.39 is 28.0 Å². The molecule has 2 N–H and O–H groups in total. The lowest BCUT2D eigenvalue weighted by atomic mass is 10.0. The Labute approximate surface area is 244 Å². The number of aliphatic hydroxyl groups is 1. The van der Waals surface area contributed by atoms with Crippen molar-refractivity contribution >= 4 is 17.2 Å². The van der Waals surface area contributed by atoms with Crippen LogP contribution in [0.25, 0.3) is 11.1 Å². The Kier molecular flexibility index (Phi) is 18.6. The number of aryl methyl sites for hydroxylation is 1. The van der Waals surface area contributed by atoms with E-state index in [0.29, 0.717) is 36.3 Å². The Bertz CT molecular complexity index is 1310. The molecule has 0 saturated carbocycles. The lowest BCUT2D eigenvalue weighted by Gasteiger charge is -2.16. The molecule has 1 aromatic carbocycles. The zero-order chi connectivity index (χ0) is 31.4. The quantitative estimate of drug-likeness (QED) is 0.339. The summed E-state index contributed by atoms with van der Waals surface area (Å²) in [6, 6.07) is 10.3. The van der Waals surface area contributed by atoms with Crippen LogP contribution in [-0.2, 0) is 34.3 Å². The number of aromatic nitrogens is 2. The number of halogens is 2. The summed E-state index contributed by atoms with van der Waals surface area (Å²) in [5.41, 5.74) is 1.49. The maximum atomic E-state index is 13.1. The molecule has 0 aliphatic carbocycles. The average Bonchev–Trinajstić information content (AvgIpc) is 3.46. The predicted octanol–water partition coefficient (Wildman–Crippen LogP) is 6.07. The van der Waals surface area contributed by atoms with Crippen molar-refractivity contribution in [1.29, 1.82) is 0 Å². The third-order valence-electron chi connectivity index (χ3n) is 5.16. The van der Waals surface area contributed by atoms with Crippen LogP contribution in [0, 0.1) is 11.6 Å². The van der Waals surface area contributed by atoms with E-state index in [1.54, 1.807) is 49.8 Å². The number of pyridine rings is 2. The molecule has 1 aliphatic heterocycles. The molecular formula is C31H43F2N3O4S. The van der Waals surface area contributed by atoms with Crippen LogP contribution in [0.3, 0.4) is 0 Å². The summed E-state index contributed by atoms with van der Waals surface area (Å²) in [6.07, 6.45) is 6.86. The SMILES string of the molecule is CC.CC.CC(C)(O)c1cc(CNC=O)ccn1.CCn1ccc(-c2ccc(F)c(F)c2)cc1=O.O=S1C=CCC1. The number of nitrogens with one attached hydrogen (secondary N) is 1. The van der Waals surface area contributed by atoms with E-state index in [4.69, 9.17) is 0 Å². The van der Waals surface area contributed by atoms with E-state index in [0.717, 1.165) is 29.9 Å². The summed E-state index contributed by atoms with van der Waals surface area (Å²) >= 11 is 0. The van der Waals surface area contributed by atoms with E-state index in [-0.39, 0.29) is 5.56 Å². The summed E-state index contributed by atoms with van der Waals surface area (Å²) < 4.78 is 37.6. The van der Waals surface area contributed by atoms with E-state index >= 15 is 0 Å². The fourth-order valence-corrected chi connectivity index (χ4v) is 3.99. The van der Waals surface area contributed by atoms with E-state index in [1.807, 2.05) is 40.7 Å². The topological polar surface area (TPSA) is 101 Å². The first kappa shape index (κ1) is 37.5. The minimum Gasteiger partial charge on any atom is -0.384 e. The van der Waals surface area contributed by atoms with Gasteiger partial charge in [-0.25, -0.2) is 8.78 Å². The average molecular weight is 592 g/mol. The van der Waals surface area contributed by atoms with Crippen molar-refractivity contribution in [2.45, 2.75) is 73.6 Å². The fourth-order valence-electron chi connectivity index (χ4n) is 3.13. The van der Waals surface area contributed by atoms with Crippen LogP contribution in [-0.4, -0.2) is 31.0 Å². The second kappa shape index (κ2) is 20.4. The van der Waals surface area contributed by atoms with Gasteiger partial charge in [-0.15, -0.1) is 0 Å². The largest absolute Gasteiger partial charge is 0.384 e. The Hall–Kier alpha value is -3.50. The van der Waals surface area contributed by atoms with Gasteiger partial charge in [-0.1, -0.05) is 39.8 Å². The third-order valence-corrected chi connectivity index (χ3v) is 6.30. The zero-order valence-electron chi connectivity index (χ0n) is 25.0. The van der Waals surface area contributed by atoms with Crippen LogP contribution in [0.5, 0.6) is 0 Å². The highest BCUT2D eigenvalue weighted by Gasteiger charge is 2.17. The molecule has 4 rings (SSSR count). The molecule has 0 fully saturated rings. The number of allylic oxidation sites excluding steroid dienone is 1. The molecule has 41 heavy (non-hydrogen) atoms. The standard InChI is InChI=1S/C13H11F2NO.C10H14N2O2.C4H6OS.2C2H6/c1-2-16-6-5-10(8-13(16)17)9-3-4-11(14)12(15)7-9;1-10(2,14)9-5-8(3-4-12-9)6-11-7-13;5-6-3-1-2-4-6;2*1-2/h3-8H,2H2,1H3;3-5,7,14H,6H2,1-2H3,(H,11,13);1,3H,2,4H2;2*1-2H3. The number of hydrogen-bond acceptors (Lipinski definition) is 5. The van der Waals surface area contributed by atoms with Gasteiger partial charge in [0, 0.05) is 48.1 Å². The van der Waals surface area contributed by atoms with Gasteiger partial charge in [-0.3, -0.25) is 18.8 Å². The molecule has 0 spiro atoms. The predicted molar refractivity (Wildman–Crippen MR) is 164 cm³/mol. The minimum absolute atomic E-state index is 0.158. The minimum atomic E-state index is -0.947. The van der Waals surface area contributed by atoms with Gasteiger partial charge in [-0.2, -0.15) is 0 Å². The van der Waals surface area contributed by atoms with Crippen molar-refractivity contribution in [3.63, 3.8) is 0 Å². The Morgan fingerprint density at radius 1 is 1.05 bits per heavy atom. The first-order valence-corrected chi connectivity index (χ1v) is 15.0. The highest BCUT2D eigenvalue weighted by Crippen LogP contribution is 2.20. The number of benzene rings is 1. The molecule has 10 heteroatoms. The van der Waals surface area contributed by atoms with E-state index in [9.17, 15) is 27.7 Å². The van der Waals surface area contributed by atoms with Crippen LogP contribution < -0.4 is 10.9 Å². The maximum absolute atomic E-state index is 13.1. The number of rotatable bonds is 6. The molecule has 226 valence electrons. The van der Waals surface area contributed by atoms with Gasteiger partial charge in [0.05, 0.1) is 5.69 Å². The first-order valence-electron chi connectivity index (χ1n) is 13.6. The van der Waals surface area contributed by atoms with Gasteiger partial charge in [0.2, 0.25) is 6.41 Å².